The van der Waals surface area contributed by atoms with Crippen LogP contribution in [0.2, 0.25) is 0 Å². The molecule has 0 amide bonds. The fraction of sp³-hybridized carbons (Fsp3) is 0.273. The van der Waals surface area contributed by atoms with E-state index in [1.807, 2.05) is 58.3 Å². The van der Waals surface area contributed by atoms with Crippen LogP contribution in [0.15, 0.2) is 109 Å². The summed E-state index contributed by atoms with van der Waals surface area (Å²) in [6, 6.07) is 25.5. The maximum atomic E-state index is 15.5. The predicted molar refractivity (Wildman–Crippen MR) is 202 cm³/mol. The smallest absolute Gasteiger partial charge is 0.273 e. The summed E-state index contributed by atoms with van der Waals surface area (Å²) in [5, 5.41) is 12.3. The van der Waals surface area contributed by atoms with E-state index in [2.05, 4.69) is 33.8 Å². The minimum absolute atomic E-state index is 0.0212. The Labute approximate surface area is 316 Å². The zero-order chi connectivity index (χ0) is 39.0. The Hall–Kier alpha value is -5.84. The standard InChI is InChI=1S/C44H39F4N3O4/c1-42(2)33-10-6-8-12-37(33)49(24-26-14-16-29(45)19-35(26)47)40(42)18-28-23-44(55-41-32(28)21-31(51(52)53)22-39(41)54-5)43(3,4)34-11-7-9-13-38(34)50(44)25-27-15-17-30(46)20-36(27)48/h6-22,28H,23-25H2,1-5H3. The van der Waals surface area contributed by atoms with Crippen LogP contribution in [0, 0.1) is 33.4 Å². The first-order chi connectivity index (χ1) is 26.2. The van der Waals surface area contributed by atoms with Crippen molar-refractivity contribution in [2.24, 2.45) is 0 Å². The van der Waals surface area contributed by atoms with Gasteiger partial charge in [0.05, 0.1) is 30.1 Å². The van der Waals surface area contributed by atoms with Gasteiger partial charge in [-0.25, -0.2) is 17.6 Å². The molecule has 0 saturated carbocycles. The van der Waals surface area contributed by atoms with Crippen molar-refractivity contribution in [1.29, 1.82) is 0 Å². The van der Waals surface area contributed by atoms with Gasteiger partial charge in [-0.1, -0.05) is 68.5 Å². The third-order valence-corrected chi connectivity index (χ3v) is 11.8. The van der Waals surface area contributed by atoms with E-state index >= 15 is 8.78 Å². The van der Waals surface area contributed by atoms with Crippen molar-refractivity contribution in [2.75, 3.05) is 16.9 Å². The number of non-ortho nitro benzene ring substituents is 1. The SMILES string of the molecule is COc1cc([N+](=O)[O-])cc2c1OC1(CC2C=C2N(Cc3ccc(F)cc3F)c3ccccc3C2(C)C)N(Cc2ccc(F)cc2F)c2ccccc2C1(C)C. The summed E-state index contributed by atoms with van der Waals surface area (Å²) in [6.45, 7) is 8.36. The van der Waals surface area contributed by atoms with Crippen LogP contribution in [-0.4, -0.2) is 17.8 Å². The molecule has 0 saturated heterocycles. The largest absolute Gasteiger partial charge is 0.493 e. The van der Waals surface area contributed by atoms with Crippen LogP contribution in [0.5, 0.6) is 11.5 Å². The average molecular weight is 750 g/mol. The number of ether oxygens (including phenoxy) is 2. The molecule has 0 fully saturated rings. The van der Waals surface area contributed by atoms with Crippen LogP contribution in [0.1, 0.15) is 67.9 Å². The molecule has 11 heteroatoms. The van der Waals surface area contributed by atoms with Crippen molar-refractivity contribution in [3.05, 3.63) is 170 Å². The fourth-order valence-corrected chi connectivity index (χ4v) is 8.90. The Balaban J connectivity index is 1.36. The van der Waals surface area contributed by atoms with E-state index < -0.39 is 50.7 Å². The van der Waals surface area contributed by atoms with E-state index in [0.717, 1.165) is 40.3 Å². The van der Waals surface area contributed by atoms with Gasteiger partial charge in [0.2, 0.25) is 0 Å². The molecule has 0 aromatic heterocycles. The monoisotopic (exact) mass is 749 g/mol. The summed E-state index contributed by atoms with van der Waals surface area (Å²) >= 11 is 0. The number of halogens is 4. The van der Waals surface area contributed by atoms with E-state index in [1.54, 1.807) is 0 Å². The fourth-order valence-electron chi connectivity index (χ4n) is 8.90. The normalized spacial score (nSPS) is 21.0. The topological polar surface area (TPSA) is 68.1 Å². The highest BCUT2D eigenvalue weighted by Crippen LogP contribution is 2.61. The maximum Gasteiger partial charge on any atom is 0.273 e. The molecule has 0 radical (unpaired) electrons. The number of nitro benzene ring substituents is 1. The van der Waals surface area contributed by atoms with E-state index in [-0.39, 0.29) is 36.5 Å². The van der Waals surface area contributed by atoms with Crippen molar-refractivity contribution < 1.29 is 32.0 Å². The molecule has 7 nitrogen and oxygen atoms in total. The molecule has 0 N–H and O–H groups in total. The van der Waals surface area contributed by atoms with Gasteiger partial charge < -0.3 is 19.3 Å². The molecule has 282 valence electrons. The third-order valence-electron chi connectivity index (χ3n) is 11.8. The van der Waals surface area contributed by atoms with E-state index in [9.17, 15) is 18.9 Å². The molecular formula is C44H39F4N3O4. The van der Waals surface area contributed by atoms with Crippen molar-refractivity contribution in [1.82, 2.24) is 0 Å². The molecule has 5 aromatic carbocycles. The van der Waals surface area contributed by atoms with E-state index in [1.165, 1.54) is 43.5 Å². The second kappa shape index (κ2) is 12.9. The Kier molecular flexibility index (Phi) is 8.47. The van der Waals surface area contributed by atoms with Crippen LogP contribution in [-0.2, 0) is 23.9 Å². The Morgan fingerprint density at radius 3 is 2.04 bits per heavy atom. The van der Waals surface area contributed by atoms with Gasteiger partial charge in [0.25, 0.3) is 5.69 Å². The molecule has 8 rings (SSSR count). The summed E-state index contributed by atoms with van der Waals surface area (Å²) in [5.74, 6) is -2.85. The van der Waals surface area contributed by atoms with Crippen molar-refractivity contribution in [2.45, 2.75) is 69.7 Å². The molecule has 2 unspecified atom stereocenters. The van der Waals surface area contributed by atoms with Gasteiger partial charge in [0.1, 0.15) is 23.3 Å². The second-order valence-electron chi connectivity index (χ2n) is 15.5. The van der Waals surface area contributed by atoms with Gasteiger partial charge in [-0.15, -0.1) is 0 Å². The minimum Gasteiger partial charge on any atom is -0.493 e. The first-order valence-corrected chi connectivity index (χ1v) is 18.1. The molecule has 0 bridgehead atoms. The van der Waals surface area contributed by atoms with Crippen molar-refractivity contribution in [3.8, 4) is 11.5 Å². The summed E-state index contributed by atoms with van der Waals surface area (Å²) in [5.41, 5.74) is 2.63. The molecule has 1 spiro atoms. The Bertz CT molecular complexity index is 2410. The van der Waals surface area contributed by atoms with Gasteiger partial charge in [0.15, 0.2) is 17.2 Å². The number of nitro groups is 1. The molecule has 3 aliphatic heterocycles. The predicted octanol–water partition coefficient (Wildman–Crippen LogP) is 10.6. The van der Waals surface area contributed by atoms with Crippen LogP contribution in [0.4, 0.5) is 34.6 Å². The highest BCUT2D eigenvalue weighted by Gasteiger charge is 2.62. The molecule has 0 aliphatic carbocycles. The van der Waals surface area contributed by atoms with E-state index in [0.29, 0.717) is 16.9 Å². The van der Waals surface area contributed by atoms with E-state index in [4.69, 9.17) is 9.47 Å². The summed E-state index contributed by atoms with van der Waals surface area (Å²) in [4.78, 5) is 15.9. The van der Waals surface area contributed by atoms with Gasteiger partial charge in [-0.05, 0) is 49.2 Å². The van der Waals surface area contributed by atoms with Gasteiger partial charge in [-0.2, -0.15) is 0 Å². The molecule has 3 heterocycles. The van der Waals surface area contributed by atoms with Gasteiger partial charge in [0, 0.05) is 76.3 Å². The number of nitrogens with zero attached hydrogens (tertiary/aromatic N) is 3. The molecule has 3 aliphatic rings. The summed E-state index contributed by atoms with van der Waals surface area (Å²) in [7, 11) is 1.42. The number of hydrogen-bond donors (Lipinski definition) is 0. The number of allylic oxidation sites excluding steroid dienone is 2. The highest BCUT2D eigenvalue weighted by molar-refractivity contribution is 5.72. The number of benzene rings is 5. The number of rotatable bonds is 7. The Morgan fingerprint density at radius 2 is 1.42 bits per heavy atom. The zero-order valence-corrected chi connectivity index (χ0v) is 31.0. The Morgan fingerprint density at radius 1 is 0.818 bits per heavy atom. The van der Waals surface area contributed by atoms with Crippen LogP contribution < -0.4 is 19.3 Å². The summed E-state index contributed by atoms with van der Waals surface area (Å²) in [6.07, 6.45) is 2.31. The lowest BCUT2D eigenvalue weighted by Crippen LogP contribution is -2.62. The molecule has 5 aromatic rings. The lowest BCUT2D eigenvalue weighted by Gasteiger charge is -2.52. The number of anilines is 2. The van der Waals surface area contributed by atoms with Gasteiger partial charge >= 0.3 is 0 Å². The van der Waals surface area contributed by atoms with Crippen LogP contribution >= 0.6 is 0 Å². The van der Waals surface area contributed by atoms with Crippen LogP contribution in [0.3, 0.4) is 0 Å². The number of fused-ring (bicyclic) bond motifs is 3. The minimum atomic E-state index is -1.24. The third kappa shape index (κ3) is 5.62. The first-order valence-electron chi connectivity index (χ1n) is 18.1. The lowest BCUT2D eigenvalue weighted by molar-refractivity contribution is -0.385. The van der Waals surface area contributed by atoms with Crippen molar-refractivity contribution in [3.63, 3.8) is 0 Å². The zero-order valence-electron chi connectivity index (χ0n) is 31.0. The first kappa shape index (κ1) is 36.2. The quantitative estimate of drug-likeness (QED) is 0.0938. The molecule has 55 heavy (non-hydrogen) atoms. The maximum absolute atomic E-state index is 15.5. The summed E-state index contributed by atoms with van der Waals surface area (Å²) < 4.78 is 72.0. The molecular weight excluding hydrogens is 710 g/mol. The molecule has 2 atom stereocenters. The lowest BCUT2D eigenvalue weighted by atomic mass is 9.70. The van der Waals surface area contributed by atoms with Crippen molar-refractivity contribution >= 4 is 17.1 Å². The number of para-hydroxylation sites is 2. The van der Waals surface area contributed by atoms with Gasteiger partial charge in [-0.3, -0.25) is 10.1 Å². The highest BCUT2D eigenvalue weighted by atomic mass is 19.1. The number of methoxy groups -OCH3 is 1. The van der Waals surface area contributed by atoms with Crippen LogP contribution in [0.25, 0.3) is 0 Å². The number of hydrogen-bond acceptors (Lipinski definition) is 6. The average Bonchev–Trinajstić information content (AvgIpc) is 3.46. The second-order valence-corrected chi connectivity index (χ2v) is 15.5.